The van der Waals surface area contributed by atoms with Gasteiger partial charge < -0.3 is 10.2 Å². The van der Waals surface area contributed by atoms with Crippen molar-refractivity contribution < 1.29 is 29.2 Å². The molecule has 28 heavy (non-hydrogen) atoms. The van der Waals surface area contributed by atoms with Crippen molar-refractivity contribution in [2.45, 2.75) is 36.4 Å². The first kappa shape index (κ1) is 20.4. The van der Waals surface area contributed by atoms with Gasteiger partial charge in [-0.1, -0.05) is 6.07 Å². The lowest BCUT2D eigenvalue weighted by molar-refractivity contribution is -0.128. The van der Waals surface area contributed by atoms with Gasteiger partial charge in [0.05, 0.1) is 12.6 Å². The van der Waals surface area contributed by atoms with Crippen molar-refractivity contribution in [1.82, 2.24) is 15.8 Å². The number of aliphatic imine (C=N–C) groups is 1. The average molecular weight is 410 g/mol. The van der Waals surface area contributed by atoms with E-state index in [9.17, 15) is 19.5 Å². The number of benzene rings is 1. The van der Waals surface area contributed by atoms with Crippen LogP contribution in [0.1, 0.15) is 35.7 Å². The maximum absolute atomic E-state index is 13.4. The zero-order valence-corrected chi connectivity index (χ0v) is 15.5. The van der Waals surface area contributed by atoms with Crippen LogP contribution in [-0.4, -0.2) is 55.8 Å². The lowest BCUT2D eigenvalue weighted by Crippen LogP contribution is -2.25. The summed E-state index contributed by atoms with van der Waals surface area (Å²) in [7, 11) is 0. The molecule has 2 atom stereocenters. The number of rotatable bonds is 9. The Morgan fingerprint density at radius 1 is 1.46 bits per heavy atom. The third-order valence-corrected chi connectivity index (χ3v) is 5.34. The molecule has 4 N–H and O–H groups in total. The van der Waals surface area contributed by atoms with E-state index in [1.807, 2.05) is 5.48 Å². The Kier molecular flexibility index (Phi) is 6.73. The number of aliphatic hydroxyl groups is 2. The zero-order chi connectivity index (χ0) is 20.1. The van der Waals surface area contributed by atoms with Gasteiger partial charge in [-0.2, -0.15) is 0 Å². The number of amidine groups is 1. The lowest BCUT2D eigenvalue weighted by atomic mass is 9.83. The van der Waals surface area contributed by atoms with Crippen LogP contribution in [0.4, 0.5) is 4.39 Å². The van der Waals surface area contributed by atoms with E-state index in [1.165, 1.54) is 23.9 Å². The fraction of sp³-hybridized carbons (Fsp3) is 0.412. The largest absolute Gasteiger partial charge is 0.393 e. The number of hydrogen-bond acceptors (Lipinski definition) is 9. The van der Waals surface area contributed by atoms with Crippen LogP contribution in [0.2, 0.25) is 0 Å². The minimum absolute atomic E-state index is 0.0513. The van der Waals surface area contributed by atoms with E-state index < -0.39 is 18.5 Å². The van der Waals surface area contributed by atoms with Crippen LogP contribution in [-0.2, 0) is 11.2 Å². The monoisotopic (exact) mass is 410 g/mol. The van der Waals surface area contributed by atoms with Crippen molar-refractivity contribution in [3.63, 3.8) is 0 Å². The number of hydroxylamine groups is 1. The van der Waals surface area contributed by atoms with Gasteiger partial charge in [-0.25, -0.2) is 9.02 Å². The second-order valence-electron chi connectivity index (χ2n) is 6.19. The van der Waals surface area contributed by atoms with Crippen LogP contribution in [0, 0.1) is 5.82 Å². The van der Waals surface area contributed by atoms with Crippen molar-refractivity contribution in [3.05, 3.63) is 40.8 Å². The molecule has 1 aliphatic rings. The molecule has 0 radical (unpaired) electrons. The Morgan fingerprint density at radius 2 is 2.29 bits per heavy atom. The molecule has 0 unspecified atom stereocenters. The summed E-state index contributed by atoms with van der Waals surface area (Å²) in [6, 6.07) is 4.20. The minimum Gasteiger partial charge on any atom is -0.393 e. The van der Waals surface area contributed by atoms with E-state index in [2.05, 4.69) is 15.3 Å². The molecule has 150 valence electrons. The molecule has 0 aliphatic heterocycles. The van der Waals surface area contributed by atoms with E-state index in [0.717, 1.165) is 11.1 Å². The summed E-state index contributed by atoms with van der Waals surface area (Å²) in [6.07, 6.45) is -0.189. The standard InChI is InChI=1S/C17H19FN4O5S/c18-10-4-3-9-6-12(11(9)7-10)19-16(20-26)15-17(22-27-21-15)28-5-1-2-13(24)14(25)8-23/h3-4,7,12,14,23,25-26H,1-2,5-6,8H2,(H,19,20)/t12-,14-/m0/s1. The van der Waals surface area contributed by atoms with Gasteiger partial charge in [-0.15, -0.1) is 11.8 Å². The molecule has 9 nitrogen and oxygen atoms in total. The first-order valence-corrected chi connectivity index (χ1v) is 9.55. The van der Waals surface area contributed by atoms with Crippen LogP contribution in [0.3, 0.4) is 0 Å². The van der Waals surface area contributed by atoms with Crippen LogP contribution in [0.5, 0.6) is 0 Å². The van der Waals surface area contributed by atoms with E-state index in [1.54, 1.807) is 6.07 Å². The number of halogens is 1. The van der Waals surface area contributed by atoms with Gasteiger partial charge in [0.15, 0.2) is 22.3 Å². The number of ketones is 1. The molecule has 0 spiro atoms. The first-order chi connectivity index (χ1) is 13.5. The van der Waals surface area contributed by atoms with Gasteiger partial charge >= 0.3 is 0 Å². The summed E-state index contributed by atoms with van der Waals surface area (Å²) in [5.74, 6) is -0.258. The third kappa shape index (κ3) is 4.55. The summed E-state index contributed by atoms with van der Waals surface area (Å²) in [6.45, 7) is -0.598. The predicted octanol–water partition coefficient (Wildman–Crippen LogP) is 1.03. The quantitative estimate of drug-likeness (QED) is 0.157. The fourth-order valence-corrected chi connectivity index (χ4v) is 3.61. The molecule has 1 aromatic carbocycles. The topological polar surface area (TPSA) is 141 Å². The van der Waals surface area contributed by atoms with Crippen molar-refractivity contribution in [2.24, 2.45) is 4.99 Å². The summed E-state index contributed by atoms with van der Waals surface area (Å²) >= 11 is 1.24. The second-order valence-corrected chi connectivity index (χ2v) is 7.27. The molecule has 1 aromatic heterocycles. The maximum atomic E-state index is 13.4. The Balaban J connectivity index is 1.62. The fourth-order valence-electron chi connectivity index (χ4n) is 2.77. The number of carbonyl (C=O) groups excluding carboxylic acids is 1. The number of carbonyl (C=O) groups is 1. The van der Waals surface area contributed by atoms with Gasteiger partial charge in [-0.3, -0.25) is 20.5 Å². The number of nitrogens with zero attached hydrogens (tertiary/aromatic N) is 3. The lowest BCUT2D eigenvalue weighted by Gasteiger charge is -2.27. The van der Waals surface area contributed by atoms with Gasteiger partial charge in [0.25, 0.3) is 0 Å². The molecule has 0 saturated carbocycles. The molecular weight excluding hydrogens is 391 g/mol. The molecule has 0 amide bonds. The van der Waals surface area contributed by atoms with Gasteiger partial charge in [0.1, 0.15) is 11.9 Å². The Labute approximate surface area is 163 Å². The van der Waals surface area contributed by atoms with Crippen molar-refractivity contribution in [2.75, 3.05) is 12.4 Å². The van der Waals surface area contributed by atoms with E-state index in [0.29, 0.717) is 23.6 Å². The Hall–Kier alpha value is -2.34. The van der Waals surface area contributed by atoms with E-state index in [-0.39, 0.29) is 29.8 Å². The number of thioether (sulfide) groups is 1. The zero-order valence-electron chi connectivity index (χ0n) is 14.7. The first-order valence-electron chi connectivity index (χ1n) is 8.57. The van der Waals surface area contributed by atoms with Gasteiger partial charge in [0, 0.05) is 12.2 Å². The molecule has 0 fully saturated rings. The number of Topliss-reactive ketones (excluding diaryl/α,β-unsaturated/α-hetero) is 1. The number of aromatic nitrogens is 2. The number of nitrogens with one attached hydrogen (secondary N) is 1. The van der Waals surface area contributed by atoms with Crippen LogP contribution < -0.4 is 5.48 Å². The highest BCUT2D eigenvalue weighted by Crippen LogP contribution is 2.37. The molecule has 1 heterocycles. The predicted molar refractivity (Wildman–Crippen MR) is 96.7 cm³/mol. The molecule has 0 bridgehead atoms. The van der Waals surface area contributed by atoms with Crippen LogP contribution in [0.15, 0.2) is 32.8 Å². The smallest absolute Gasteiger partial charge is 0.185 e. The molecule has 0 saturated heterocycles. The van der Waals surface area contributed by atoms with Crippen LogP contribution >= 0.6 is 11.8 Å². The summed E-state index contributed by atoms with van der Waals surface area (Å²) < 4.78 is 18.1. The van der Waals surface area contributed by atoms with Crippen LogP contribution in [0.25, 0.3) is 0 Å². The Morgan fingerprint density at radius 3 is 3.04 bits per heavy atom. The van der Waals surface area contributed by atoms with E-state index in [4.69, 9.17) is 9.74 Å². The normalized spacial score (nSPS) is 17.0. The number of fused-ring (bicyclic) bond motifs is 1. The van der Waals surface area contributed by atoms with Gasteiger partial charge in [0.2, 0.25) is 0 Å². The third-order valence-electron chi connectivity index (χ3n) is 4.30. The summed E-state index contributed by atoms with van der Waals surface area (Å²) in [5, 5.41) is 35.3. The molecule has 2 aromatic rings. The van der Waals surface area contributed by atoms with Crippen molar-refractivity contribution in [1.29, 1.82) is 0 Å². The van der Waals surface area contributed by atoms with Crippen molar-refractivity contribution in [3.8, 4) is 0 Å². The molecule has 3 rings (SSSR count). The van der Waals surface area contributed by atoms with Gasteiger partial charge in [-0.05, 0) is 46.4 Å². The van der Waals surface area contributed by atoms with E-state index >= 15 is 0 Å². The maximum Gasteiger partial charge on any atom is 0.185 e. The number of aliphatic hydroxyl groups excluding tert-OH is 2. The molecule has 11 heteroatoms. The highest BCUT2D eigenvalue weighted by molar-refractivity contribution is 7.99. The molecular formula is C17H19FN4O5S. The highest BCUT2D eigenvalue weighted by atomic mass is 32.2. The highest BCUT2D eigenvalue weighted by Gasteiger charge is 2.28. The minimum atomic E-state index is -1.36. The van der Waals surface area contributed by atoms with Crippen molar-refractivity contribution >= 4 is 23.4 Å². The molecule has 1 aliphatic carbocycles. The average Bonchev–Trinajstić information content (AvgIpc) is 3.15. The summed E-state index contributed by atoms with van der Waals surface area (Å²) in [4.78, 5) is 15.9. The second kappa shape index (κ2) is 9.24. The number of hydrogen-bond donors (Lipinski definition) is 4. The summed E-state index contributed by atoms with van der Waals surface area (Å²) in [5.41, 5.74) is 3.94. The Bertz CT molecular complexity index is 875. The SMILES string of the molecule is O=C(CCCSc1nonc1C(=N[C@H]1Cc2ccc(F)cc21)NO)[C@@H](O)CO.